The van der Waals surface area contributed by atoms with Gasteiger partial charge in [-0.2, -0.15) is 0 Å². The summed E-state index contributed by atoms with van der Waals surface area (Å²) in [6.45, 7) is 5.85. The molecule has 1 unspecified atom stereocenters. The molecule has 1 aliphatic carbocycles. The highest BCUT2D eigenvalue weighted by Gasteiger charge is 2.57. The summed E-state index contributed by atoms with van der Waals surface area (Å²) in [5.74, 6) is -3.65. The first-order chi connectivity index (χ1) is 18.6. The first kappa shape index (κ1) is 25.9. The number of carbonyl (C=O) groups is 2. The SMILES string of the molecule is CC1(C)OC[C@H](COc2ccnc(NC(=O)N3c4nc(C(=O)CC5CC5(F)F)ccc4N4CCC[C@H]3C4)c2)O1. The molecule has 208 valence electrons. The molecule has 4 aliphatic rings. The summed E-state index contributed by atoms with van der Waals surface area (Å²) in [6.07, 6.45) is 2.47. The van der Waals surface area contributed by atoms with Crippen LogP contribution in [0.25, 0.3) is 0 Å². The lowest BCUT2D eigenvalue weighted by Gasteiger charge is -2.45. The molecule has 2 bridgehead atoms. The van der Waals surface area contributed by atoms with Crippen molar-refractivity contribution < 1.29 is 32.6 Å². The summed E-state index contributed by atoms with van der Waals surface area (Å²) in [5.41, 5.74) is 0.825. The number of aromatic nitrogens is 2. The van der Waals surface area contributed by atoms with E-state index in [1.54, 1.807) is 29.2 Å². The van der Waals surface area contributed by atoms with Crippen LogP contribution in [0.15, 0.2) is 30.5 Å². The van der Waals surface area contributed by atoms with E-state index in [4.69, 9.17) is 14.2 Å². The van der Waals surface area contributed by atoms with E-state index in [1.165, 1.54) is 6.20 Å². The molecule has 0 radical (unpaired) electrons. The molecule has 2 aromatic heterocycles. The quantitative estimate of drug-likeness (QED) is 0.517. The Morgan fingerprint density at radius 2 is 2.08 bits per heavy atom. The van der Waals surface area contributed by atoms with Crippen LogP contribution in [0.5, 0.6) is 5.75 Å². The molecule has 2 saturated heterocycles. The van der Waals surface area contributed by atoms with Crippen LogP contribution in [0, 0.1) is 5.92 Å². The van der Waals surface area contributed by atoms with E-state index in [-0.39, 0.29) is 37.3 Å². The summed E-state index contributed by atoms with van der Waals surface area (Å²) in [6, 6.07) is 6.04. The van der Waals surface area contributed by atoms with Gasteiger partial charge in [0.25, 0.3) is 5.92 Å². The number of pyridine rings is 2. The fraction of sp³-hybridized carbons (Fsp3) is 0.556. The second-order valence-electron chi connectivity index (χ2n) is 11.0. The predicted octanol–water partition coefficient (Wildman–Crippen LogP) is 4.26. The van der Waals surface area contributed by atoms with Crippen molar-refractivity contribution in [3.05, 3.63) is 36.2 Å². The fourth-order valence-electron chi connectivity index (χ4n) is 5.43. The Morgan fingerprint density at radius 1 is 1.26 bits per heavy atom. The second-order valence-corrected chi connectivity index (χ2v) is 11.0. The molecular weight excluding hydrogens is 512 g/mol. The fourth-order valence-corrected chi connectivity index (χ4v) is 5.43. The van der Waals surface area contributed by atoms with Crippen molar-refractivity contribution in [1.82, 2.24) is 9.97 Å². The molecule has 6 rings (SSSR count). The van der Waals surface area contributed by atoms with Crippen LogP contribution >= 0.6 is 0 Å². The number of urea groups is 1. The number of amides is 2. The second kappa shape index (κ2) is 9.67. The third kappa shape index (κ3) is 5.40. The molecule has 0 spiro atoms. The Hall–Kier alpha value is -3.38. The normalized spacial score (nSPS) is 26.1. The third-order valence-electron chi connectivity index (χ3n) is 7.55. The zero-order valence-electron chi connectivity index (χ0n) is 21.9. The number of Topliss-reactive ketones (excluding diaryl/α,β-unsaturated/α-hetero) is 1. The van der Waals surface area contributed by atoms with Gasteiger partial charge in [0.2, 0.25) is 0 Å². The summed E-state index contributed by atoms with van der Waals surface area (Å²) >= 11 is 0. The maximum Gasteiger partial charge on any atom is 0.329 e. The van der Waals surface area contributed by atoms with Crippen molar-refractivity contribution >= 4 is 29.1 Å². The number of halogens is 2. The van der Waals surface area contributed by atoms with Gasteiger partial charge in [-0.3, -0.25) is 15.0 Å². The zero-order chi connectivity index (χ0) is 27.4. The van der Waals surface area contributed by atoms with Crippen LogP contribution in [0.1, 0.15) is 50.0 Å². The van der Waals surface area contributed by atoms with E-state index in [2.05, 4.69) is 20.2 Å². The third-order valence-corrected chi connectivity index (χ3v) is 7.55. The van der Waals surface area contributed by atoms with E-state index < -0.39 is 29.4 Å². The molecule has 5 heterocycles. The van der Waals surface area contributed by atoms with Gasteiger partial charge in [-0.1, -0.05) is 0 Å². The first-order valence-corrected chi connectivity index (χ1v) is 13.3. The van der Waals surface area contributed by atoms with E-state index in [0.29, 0.717) is 30.5 Å². The largest absolute Gasteiger partial charge is 0.491 e. The highest BCUT2D eigenvalue weighted by atomic mass is 19.3. The average Bonchev–Trinajstić information content (AvgIpc) is 3.33. The Kier molecular flexibility index (Phi) is 6.41. The number of anilines is 3. The number of fused-ring (bicyclic) bond motifs is 4. The van der Waals surface area contributed by atoms with Crippen LogP contribution in [0.3, 0.4) is 0 Å². The average molecular weight is 544 g/mol. The van der Waals surface area contributed by atoms with Gasteiger partial charge < -0.3 is 19.1 Å². The number of ether oxygens (including phenoxy) is 3. The zero-order valence-corrected chi connectivity index (χ0v) is 21.9. The molecule has 2 aromatic rings. The maximum absolute atomic E-state index is 13.6. The number of alkyl halides is 2. The maximum atomic E-state index is 13.6. The highest BCUT2D eigenvalue weighted by molar-refractivity contribution is 6.05. The topological polar surface area (TPSA) is 106 Å². The lowest BCUT2D eigenvalue weighted by molar-refractivity contribution is -0.141. The minimum absolute atomic E-state index is 0.0882. The highest BCUT2D eigenvalue weighted by Crippen LogP contribution is 2.51. The van der Waals surface area contributed by atoms with Gasteiger partial charge in [0.05, 0.1) is 18.3 Å². The number of rotatable bonds is 7. The number of nitrogens with zero attached hydrogens (tertiary/aromatic N) is 4. The van der Waals surface area contributed by atoms with Crippen molar-refractivity contribution in [3.8, 4) is 5.75 Å². The number of hydrogen-bond donors (Lipinski definition) is 1. The predicted molar refractivity (Wildman–Crippen MR) is 138 cm³/mol. The van der Waals surface area contributed by atoms with Crippen LogP contribution in [-0.4, -0.2) is 71.9 Å². The van der Waals surface area contributed by atoms with Gasteiger partial charge in [0.15, 0.2) is 17.4 Å². The number of nitrogens with one attached hydrogen (secondary N) is 1. The van der Waals surface area contributed by atoms with Crippen LogP contribution in [0.2, 0.25) is 0 Å². The molecule has 1 N–H and O–H groups in total. The van der Waals surface area contributed by atoms with Gasteiger partial charge in [-0.25, -0.2) is 23.5 Å². The minimum Gasteiger partial charge on any atom is -0.491 e. The van der Waals surface area contributed by atoms with Crippen molar-refractivity contribution in [2.45, 2.75) is 63.4 Å². The molecule has 10 nitrogen and oxygen atoms in total. The van der Waals surface area contributed by atoms with Gasteiger partial charge in [-0.05, 0) is 44.9 Å². The monoisotopic (exact) mass is 543 g/mol. The van der Waals surface area contributed by atoms with Crippen LogP contribution < -0.4 is 19.9 Å². The van der Waals surface area contributed by atoms with Crippen molar-refractivity contribution in [1.29, 1.82) is 0 Å². The van der Waals surface area contributed by atoms with Crippen molar-refractivity contribution in [2.75, 3.05) is 41.4 Å². The lowest BCUT2D eigenvalue weighted by atomic mass is 9.99. The summed E-state index contributed by atoms with van der Waals surface area (Å²) in [5, 5.41) is 2.84. The summed E-state index contributed by atoms with van der Waals surface area (Å²) in [4.78, 5) is 38.8. The van der Waals surface area contributed by atoms with E-state index in [1.807, 2.05) is 13.8 Å². The number of carbonyl (C=O) groups excluding carboxylic acids is 2. The van der Waals surface area contributed by atoms with E-state index in [0.717, 1.165) is 25.1 Å². The lowest BCUT2D eigenvalue weighted by Crippen LogP contribution is -2.56. The standard InChI is InChI=1S/C27H31F2N5O5/c1-26(2)38-15-19(39-26)14-37-18-7-8-30-23(11-18)32-25(36)34-17-4-3-9-33(13-17)21-6-5-20(31-24(21)34)22(35)10-16-12-27(16,28)29/h5-8,11,16-17,19H,3-4,9-10,12-15H2,1-2H3,(H,30,32,36)/t16?,17-,19-/m0/s1. The number of piperidine rings is 1. The Bertz CT molecular complexity index is 1290. The van der Waals surface area contributed by atoms with E-state index in [9.17, 15) is 18.4 Å². The first-order valence-electron chi connectivity index (χ1n) is 13.3. The van der Waals surface area contributed by atoms with E-state index >= 15 is 0 Å². The molecule has 2 amide bonds. The molecule has 3 aliphatic heterocycles. The van der Waals surface area contributed by atoms with Gasteiger partial charge in [0.1, 0.15) is 30.0 Å². The molecule has 3 fully saturated rings. The number of ketones is 1. The van der Waals surface area contributed by atoms with Crippen LogP contribution in [0.4, 0.5) is 30.9 Å². The Morgan fingerprint density at radius 3 is 2.82 bits per heavy atom. The molecule has 3 atom stereocenters. The molecule has 1 saturated carbocycles. The summed E-state index contributed by atoms with van der Waals surface area (Å²) < 4.78 is 44.0. The van der Waals surface area contributed by atoms with Gasteiger partial charge >= 0.3 is 6.03 Å². The molecular formula is C27H31F2N5O5. The molecule has 12 heteroatoms. The smallest absolute Gasteiger partial charge is 0.329 e. The van der Waals surface area contributed by atoms with Gasteiger partial charge in [-0.15, -0.1) is 0 Å². The van der Waals surface area contributed by atoms with Gasteiger partial charge in [0, 0.05) is 44.1 Å². The van der Waals surface area contributed by atoms with Crippen LogP contribution in [-0.2, 0) is 9.47 Å². The number of hydrogen-bond acceptors (Lipinski definition) is 8. The Balaban J connectivity index is 1.18. The molecule has 0 aromatic carbocycles. The Labute approximate surface area is 224 Å². The van der Waals surface area contributed by atoms with Crippen molar-refractivity contribution in [3.63, 3.8) is 0 Å². The summed E-state index contributed by atoms with van der Waals surface area (Å²) in [7, 11) is 0. The molecule has 39 heavy (non-hydrogen) atoms. The minimum atomic E-state index is -2.78. The van der Waals surface area contributed by atoms with Crippen molar-refractivity contribution in [2.24, 2.45) is 5.92 Å².